The van der Waals surface area contributed by atoms with Crippen molar-refractivity contribution in [2.75, 3.05) is 31.1 Å². The topological polar surface area (TPSA) is 15.7 Å². The average Bonchev–Trinajstić information content (AvgIpc) is 2.75. The van der Waals surface area contributed by atoms with E-state index in [1.165, 1.54) is 23.3 Å². The fourth-order valence-corrected chi connectivity index (χ4v) is 3.51. The van der Waals surface area contributed by atoms with Gasteiger partial charge in [0, 0.05) is 38.4 Å². The quantitative estimate of drug-likeness (QED) is 0.619. The highest BCUT2D eigenvalue weighted by atomic mass is 19.1. The van der Waals surface area contributed by atoms with Crippen molar-refractivity contribution < 1.29 is 9.13 Å². The van der Waals surface area contributed by atoms with E-state index in [-0.39, 0.29) is 5.82 Å². The number of hydrogen-bond donors (Lipinski definition) is 0. The van der Waals surface area contributed by atoms with Crippen LogP contribution in [0.4, 0.5) is 10.1 Å². The second-order valence-electron chi connectivity index (χ2n) is 7.16. The van der Waals surface area contributed by atoms with E-state index >= 15 is 0 Å². The Bertz CT molecular complexity index is 857. The van der Waals surface area contributed by atoms with Crippen molar-refractivity contribution in [1.82, 2.24) is 4.90 Å². The smallest absolute Gasteiger partial charge is 0.123 e. The minimum atomic E-state index is -0.182. The number of rotatable bonds is 6. The third-order valence-corrected chi connectivity index (χ3v) is 5.14. The molecule has 0 bridgehead atoms. The van der Waals surface area contributed by atoms with E-state index in [4.69, 9.17) is 4.74 Å². The molecule has 0 amide bonds. The Hall–Kier alpha value is -2.85. The van der Waals surface area contributed by atoms with Gasteiger partial charge in [-0.2, -0.15) is 0 Å². The number of hydrogen-bond acceptors (Lipinski definition) is 3. The Labute approximate surface area is 166 Å². The summed E-state index contributed by atoms with van der Waals surface area (Å²) in [6, 6.07) is 25.4. The predicted octanol–water partition coefficient (Wildman–Crippen LogP) is 4.73. The summed E-state index contributed by atoms with van der Waals surface area (Å²) >= 11 is 0. The average molecular weight is 376 g/mol. The lowest BCUT2D eigenvalue weighted by atomic mass is 10.1. The van der Waals surface area contributed by atoms with Gasteiger partial charge in [0.2, 0.25) is 0 Å². The number of benzene rings is 3. The van der Waals surface area contributed by atoms with Crippen LogP contribution in [-0.2, 0) is 13.2 Å². The van der Waals surface area contributed by atoms with Gasteiger partial charge in [0.1, 0.15) is 18.2 Å². The number of nitrogens with zero attached hydrogens (tertiary/aromatic N) is 2. The van der Waals surface area contributed by atoms with Crippen LogP contribution >= 0.6 is 0 Å². The highest BCUT2D eigenvalue weighted by molar-refractivity contribution is 5.46. The minimum absolute atomic E-state index is 0.182. The normalized spacial score (nSPS) is 14.8. The van der Waals surface area contributed by atoms with Crippen LogP contribution < -0.4 is 9.64 Å². The zero-order chi connectivity index (χ0) is 19.2. The van der Waals surface area contributed by atoms with Crippen molar-refractivity contribution >= 4 is 5.69 Å². The summed E-state index contributed by atoms with van der Waals surface area (Å²) in [5.74, 6) is 0.715. The molecule has 28 heavy (non-hydrogen) atoms. The van der Waals surface area contributed by atoms with Crippen molar-refractivity contribution in [2.24, 2.45) is 0 Å². The van der Waals surface area contributed by atoms with Gasteiger partial charge < -0.3 is 9.64 Å². The van der Waals surface area contributed by atoms with Gasteiger partial charge in [0.25, 0.3) is 0 Å². The van der Waals surface area contributed by atoms with Crippen molar-refractivity contribution in [2.45, 2.75) is 13.2 Å². The number of ether oxygens (including phenoxy) is 1. The fraction of sp³-hybridized carbons (Fsp3) is 0.250. The van der Waals surface area contributed by atoms with Crippen LogP contribution in [0.25, 0.3) is 0 Å². The standard InChI is InChI=1S/C24H25FN2O/c25-22-8-10-23(11-9-22)27-16-14-26(15-17-27)18-20-6-12-24(13-7-20)28-19-21-4-2-1-3-5-21/h1-13H,14-19H2. The lowest BCUT2D eigenvalue weighted by Gasteiger charge is -2.36. The van der Waals surface area contributed by atoms with E-state index in [9.17, 15) is 4.39 Å². The van der Waals surface area contributed by atoms with Crippen molar-refractivity contribution in [3.8, 4) is 5.75 Å². The molecular formula is C24H25FN2O. The maximum absolute atomic E-state index is 13.1. The lowest BCUT2D eigenvalue weighted by Crippen LogP contribution is -2.45. The van der Waals surface area contributed by atoms with Gasteiger partial charge in [-0.1, -0.05) is 42.5 Å². The molecule has 1 fully saturated rings. The summed E-state index contributed by atoms with van der Waals surface area (Å²) < 4.78 is 18.9. The lowest BCUT2D eigenvalue weighted by molar-refractivity contribution is 0.249. The predicted molar refractivity (Wildman–Crippen MR) is 111 cm³/mol. The molecule has 0 aliphatic carbocycles. The third-order valence-electron chi connectivity index (χ3n) is 5.14. The molecule has 4 heteroatoms. The summed E-state index contributed by atoms with van der Waals surface area (Å²) in [5, 5.41) is 0. The second kappa shape index (κ2) is 8.89. The summed E-state index contributed by atoms with van der Waals surface area (Å²) in [5.41, 5.74) is 3.56. The zero-order valence-electron chi connectivity index (χ0n) is 15.9. The highest BCUT2D eigenvalue weighted by Gasteiger charge is 2.17. The van der Waals surface area contributed by atoms with E-state index in [0.29, 0.717) is 6.61 Å². The fourth-order valence-electron chi connectivity index (χ4n) is 3.51. The van der Waals surface area contributed by atoms with Gasteiger partial charge in [-0.05, 0) is 47.5 Å². The van der Waals surface area contributed by atoms with Gasteiger partial charge in [-0.25, -0.2) is 4.39 Å². The first kappa shape index (κ1) is 18.5. The maximum atomic E-state index is 13.1. The van der Waals surface area contributed by atoms with E-state index in [1.54, 1.807) is 0 Å². The van der Waals surface area contributed by atoms with Gasteiger partial charge in [0.15, 0.2) is 0 Å². The van der Waals surface area contributed by atoms with Crippen LogP contribution in [-0.4, -0.2) is 31.1 Å². The first-order valence-corrected chi connectivity index (χ1v) is 9.75. The van der Waals surface area contributed by atoms with Crippen LogP contribution in [0.3, 0.4) is 0 Å². The third kappa shape index (κ3) is 4.90. The Balaban J connectivity index is 1.25. The molecule has 0 radical (unpaired) electrons. The number of halogens is 1. The summed E-state index contributed by atoms with van der Waals surface area (Å²) in [4.78, 5) is 4.77. The molecule has 3 aromatic rings. The minimum Gasteiger partial charge on any atom is -0.489 e. The van der Waals surface area contributed by atoms with E-state index < -0.39 is 0 Å². The van der Waals surface area contributed by atoms with Crippen molar-refractivity contribution in [3.63, 3.8) is 0 Å². The molecule has 144 valence electrons. The van der Waals surface area contributed by atoms with Crippen LogP contribution in [0, 0.1) is 5.82 Å². The van der Waals surface area contributed by atoms with Crippen LogP contribution in [0.2, 0.25) is 0 Å². The van der Waals surface area contributed by atoms with Crippen molar-refractivity contribution in [1.29, 1.82) is 0 Å². The molecule has 0 spiro atoms. The first-order chi connectivity index (χ1) is 13.8. The molecule has 0 N–H and O–H groups in total. The molecule has 0 aromatic heterocycles. The molecule has 0 atom stereocenters. The summed E-state index contributed by atoms with van der Waals surface area (Å²) in [6.07, 6.45) is 0. The molecule has 3 aromatic carbocycles. The maximum Gasteiger partial charge on any atom is 0.123 e. The molecule has 4 rings (SSSR count). The van der Waals surface area contributed by atoms with Gasteiger partial charge >= 0.3 is 0 Å². The van der Waals surface area contributed by atoms with Gasteiger partial charge in [0.05, 0.1) is 0 Å². The van der Waals surface area contributed by atoms with Gasteiger partial charge in [-0.15, -0.1) is 0 Å². The van der Waals surface area contributed by atoms with Crippen LogP contribution in [0.15, 0.2) is 78.9 Å². The summed E-state index contributed by atoms with van der Waals surface area (Å²) in [7, 11) is 0. The first-order valence-electron chi connectivity index (χ1n) is 9.75. The molecule has 1 heterocycles. The molecule has 0 unspecified atom stereocenters. The molecule has 1 saturated heterocycles. The Morgan fingerprint density at radius 3 is 2.07 bits per heavy atom. The molecule has 1 aliphatic heterocycles. The van der Waals surface area contributed by atoms with Crippen LogP contribution in [0.5, 0.6) is 5.75 Å². The summed E-state index contributed by atoms with van der Waals surface area (Å²) in [6.45, 7) is 5.46. The van der Waals surface area contributed by atoms with E-state index in [0.717, 1.165) is 44.2 Å². The molecule has 1 aliphatic rings. The largest absolute Gasteiger partial charge is 0.489 e. The second-order valence-corrected chi connectivity index (χ2v) is 7.16. The Morgan fingerprint density at radius 1 is 0.714 bits per heavy atom. The molecular weight excluding hydrogens is 351 g/mol. The van der Waals surface area contributed by atoms with E-state index in [2.05, 4.69) is 34.1 Å². The van der Waals surface area contributed by atoms with Gasteiger partial charge in [-0.3, -0.25) is 4.90 Å². The van der Waals surface area contributed by atoms with E-state index in [1.807, 2.05) is 42.5 Å². The van der Waals surface area contributed by atoms with Crippen LogP contribution in [0.1, 0.15) is 11.1 Å². The molecule has 0 saturated carbocycles. The SMILES string of the molecule is Fc1ccc(N2CCN(Cc3ccc(OCc4ccccc4)cc3)CC2)cc1. The van der Waals surface area contributed by atoms with Crippen molar-refractivity contribution in [3.05, 3.63) is 95.8 Å². The Kier molecular flexibility index (Phi) is 5.88. The monoisotopic (exact) mass is 376 g/mol. The highest BCUT2D eigenvalue weighted by Crippen LogP contribution is 2.19. The zero-order valence-corrected chi connectivity index (χ0v) is 15.9. The molecule has 3 nitrogen and oxygen atoms in total. The Morgan fingerprint density at radius 2 is 1.39 bits per heavy atom. The number of anilines is 1. The number of piperazine rings is 1.